The number of fused-ring (bicyclic) bond motifs is 1. The van der Waals surface area contributed by atoms with Gasteiger partial charge in [-0.15, -0.1) is 6.58 Å². The van der Waals surface area contributed by atoms with Crippen LogP contribution in [0.3, 0.4) is 0 Å². The number of hydrogen-bond acceptors (Lipinski definition) is 6. The van der Waals surface area contributed by atoms with E-state index in [1.54, 1.807) is 6.08 Å². The first-order valence-electron chi connectivity index (χ1n) is 10.2. The summed E-state index contributed by atoms with van der Waals surface area (Å²) >= 11 is 0. The molecule has 2 aromatic carbocycles. The zero-order valence-corrected chi connectivity index (χ0v) is 17.0. The van der Waals surface area contributed by atoms with Crippen LogP contribution in [0.5, 0.6) is 0 Å². The molecule has 8 heteroatoms. The van der Waals surface area contributed by atoms with Crippen LogP contribution in [-0.2, 0) is 30.3 Å². The number of rotatable bonds is 8. The summed E-state index contributed by atoms with van der Waals surface area (Å²) in [5.41, 5.74) is 11.1. The summed E-state index contributed by atoms with van der Waals surface area (Å²) in [5, 5.41) is 3.95. The van der Waals surface area contributed by atoms with Gasteiger partial charge in [0.1, 0.15) is 24.4 Å². The van der Waals surface area contributed by atoms with Crippen molar-refractivity contribution in [3.05, 3.63) is 94.9 Å². The summed E-state index contributed by atoms with van der Waals surface area (Å²) in [6.45, 7) is 4.55. The third kappa shape index (κ3) is 5.14. The predicted octanol–water partition coefficient (Wildman–Crippen LogP) is 4.29. The fourth-order valence-electron chi connectivity index (χ4n) is 3.78. The molecule has 8 nitrogen and oxygen atoms in total. The average Bonchev–Trinajstić information content (AvgIpc) is 2.83. The van der Waals surface area contributed by atoms with Gasteiger partial charge in [0.25, 0.3) is 0 Å². The van der Waals surface area contributed by atoms with Crippen LogP contribution in [0, 0.1) is 0 Å². The number of benzene rings is 2. The van der Waals surface area contributed by atoms with E-state index in [1.165, 1.54) is 0 Å². The zero-order valence-electron chi connectivity index (χ0n) is 17.0. The van der Waals surface area contributed by atoms with E-state index < -0.39 is 36.9 Å². The second-order valence-electron chi connectivity index (χ2n) is 7.30. The number of azide groups is 1. The van der Waals surface area contributed by atoms with Crippen LogP contribution in [0.2, 0.25) is 0 Å². The molecule has 0 spiro atoms. The molecule has 2 aromatic rings. The molecule has 0 N–H and O–H groups in total. The number of ether oxygens (including phenoxy) is 5. The molecule has 0 saturated carbocycles. The van der Waals surface area contributed by atoms with E-state index in [1.807, 2.05) is 60.7 Å². The van der Waals surface area contributed by atoms with Crippen LogP contribution in [0.1, 0.15) is 17.4 Å². The van der Waals surface area contributed by atoms with E-state index in [9.17, 15) is 5.53 Å². The fourth-order valence-corrected chi connectivity index (χ4v) is 3.78. The Labute approximate surface area is 181 Å². The highest BCUT2D eigenvalue weighted by Crippen LogP contribution is 2.37. The van der Waals surface area contributed by atoms with Gasteiger partial charge in [0.2, 0.25) is 0 Å². The minimum atomic E-state index is -0.795. The van der Waals surface area contributed by atoms with Gasteiger partial charge < -0.3 is 23.7 Å². The molecule has 6 atom stereocenters. The van der Waals surface area contributed by atoms with Gasteiger partial charge in [-0.05, 0) is 11.1 Å². The van der Waals surface area contributed by atoms with Crippen molar-refractivity contribution in [2.75, 3.05) is 13.2 Å². The van der Waals surface area contributed by atoms with Crippen molar-refractivity contribution in [2.45, 2.75) is 43.5 Å². The molecule has 2 heterocycles. The molecular formula is C23H25N3O5. The zero-order chi connectivity index (χ0) is 21.5. The molecule has 2 aliphatic rings. The Hall–Kier alpha value is -2.71. The molecule has 2 saturated heterocycles. The van der Waals surface area contributed by atoms with E-state index in [2.05, 4.69) is 16.6 Å². The topological polar surface area (TPSA) is 94.9 Å². The molecular weight excluding hydrogens is 398 g/mol. The summed E-state index contributed by atoms with van der Waals surface area (Å²) in [7, 11) is 0. The van der Waals surface area contributed by atoms with E-state index in [0.29, 0.717) is 13.2 Å². The fraction of sp³-hybridized carbons (Fsp3) is 0.391. The minimum Gasteiger partial charge on any atom is -0.370 e. The second-order valence-corrected chi connectivity index (χ2v) is 7.30. The van der Waals surface area contributed by atoms with Crippen LogP contribution in [0.4, 0.5) is 0 Å². The summed E-state index contributed by atoms with van der Waals surface area (Å²) in [5.74, 6) is 0. The van der Waals surface area contributed by atoms with Crippen LogP contribution >= 0.6 is 0 Å². The van der Waals surface area contributed by atoms with Gasteiger partial charge in [-0.25, -0.2) is 0 Å². The van der Waals surface area contributed by atoms with Crippen molar-refractivity contribution >= 4 is 0 Å². The lowest BCUT2D eigenvalue weighted by molar-refractivity contribution is -0.346. The Bertz CT molecular complexity index is 891. The highest BCUT2D eigenvalue weighted by molar-refractivity contribution is 5.17. The van der Waals surface area contributed by atoms with Gasteiger partial charge in [0.05, 0.1) is 19.8 Å². The van der Waals surface area contributed by atoms with Crippen molar-refractivity contribution in [1.29, 1.82) is 0 Å². The Kier molecular flexibility index (Phi) is 7.32. The summed E-state index contributed by atoms with van der Waals surface area (Å²) < 4.78 is 30.3. The average molecular weight is 423 g/mol. The molecule has 31 heavy (non-hydrogen) atoms. The van der Waals surface area contributed by atoms with E-state index in [4.69, 9.17) is 23.7 Å². The highest BCUT2D eigenvalue weighted by atomic mass is 16.7. The molecule has 0 aromatic heterocycles. The first-order chi connectivity index (χ1) is 15.3. The smallest absolute Gasteiger partial charge is 0.184 e. The van der Waals surface area contributed by atoms with Gasteiger partial charge >= 0.3 is 0 Å². The summed E-state index contributed by atoms with van der Waals surface area (Å²) in [6, 6.07) is 18.7. The molecule has 0 bridgehead atoms. The largest absolute Gasteiger partial charge is 0.370 e. The first-order valence-corrected chi connectivity index (χ1v) is 10.2. The van der Waals surface area contributed by atoms with Crippen LogP contribution in [0.15, 0.2) is 78.4 Å². The van der Waals surface area contributed by atoms with Crippen LogP contribution in [0.25, 0.3) is 10.4 Å². The quantitative estimate of drug-likeness (QED) is 0.273. The third-order valence-electron chi connectivity index (χ3n) is 5.23. The maximum absolute atomic E-state index is 9.20. The van der Waals surface area contributed by atoms with E-state index >= 15 is 0 Å². The maximum Gasteiger partial charge on any atom is 0.184 e. The molecule has 0 radical (unpaired) electrons. The minimum absolute atomic E-state index is 0.249. The molecule has 2 fully saturated rings. The van der Waals surface area contributed by atoms with E-state index in [0.717, 1.165) is 11.1 Å². The second kappa shape index (κ2) is 10.5. The van der Waals surface area contributed by atoms with Gasteiger partial charge in [-0.1, -0.05) is 71.9 Å². The Morgan fingerprint density at radius 2 is 1.81 bits per heavy atom. The Balaban J connectivity index is 1.59. The lowest BCUT2D eigenvalue weighted by Gasteiger charge is -2.48. The molecule has 0 amide bonds. The van der Waals surface area contributed by atoms with Gasteiger partial charge in [0, 0.05) is 10.5 Å². The lowest BCUT2D eigenvalue weighted by Crippen LogP contribution is -2.62. The standard InChI is InChI=1S/C23H25N3O5/c1-2-13-27-23-19(25-26-24)21(28-14-16-9-5-3-6-10-16)20-18(30-23)15-29-22(31-20)17-11-7-4-8-12-17/h2-12,18-23H,1,13-15H2/t18-,19+,20-,21-,22?,23+/m1/s1. The van der Waals surface area contributed by atoms with Crippen LogP contribution in [-0.4, -0.2) is 43.9 Å². The van der Waals surface area contributed by atoms with E-state index in [-0.39, 0.29) is 6.61 Å². The molecule has 4 rings (SSSR count). The predicted molar refractivity (Wildman–Crippen MR) is 113 cm³/mol. The Morgan fingerprint density at radius 1 is 1.06 bits per heavy atom. The van der Waals surface area contributed by atoms with Crippen molar-refractivity contribution in [3.8, 4) is 0 Å². The summed E-state index contributed by atoms with van der Waals surface area (Å²) in [6.07, 6.45) is -1.26. The van der Waals surface area contributed by atoms with Crippen molar-refractivity contribution in [1.82, 2.24) is 0 Å². The SMILES string of the molecule is C=CCO[C@H]1O[C@@H]2COC(c3ccccc3)O[C@H]2[C@H](OCc2ccccc2)[C@@H]1N=[N+]=[N-]. The molecule has 162 valence electrons. The normalized spacial score (nSPS) is 30.1. The van der Waals surface area contributed by atoms with Gasteiger partial charge in [-0.2, -0.15) is 0 Å². The van der Waals surface area contributed by atoms with Crippen molar-refractivity contribution < 1.29 is 23.7 Å². The molecule has 0 aliphatic carbocycles. The lowest BCUT2D eigenvalue weighted by atomic mass is 9.96. The first kappa shape index (κ1) is 21.5. The van der Waals surface area contributed by atoms with Gasteiger partial charge in [0.15, 0.2) is 12.6 Å². The molecule has 1 unspecified atom stereocenters. The molecule has 2 aliphatic heterocycles. The maximum atomic E-state index is 9.20. The van der Waals surface area contributed by atoms with Gasteiger partial charge in [-0.3, -0.25) is 0 Å². The number of nitrogens with zero attached hydrogens (tertiary/aromatic N) is 3. The monoisotopic (exact) mass is 423 g/mol. The summed E-state index contributed by atoms with van der Waals surface area (Å²) in [4.78, 5) is 3.01. The van der Waals surface area contributed by atoms with Crippen molar-refractivity contribution in [2.24, 2.45) is 5.11 Å². The Morgan fingerprint density at radius 3 is 2.52 bits per heavy atom. The number of hydrogen-bond donors (Lipinski definition) is 0. The van der Waals surface area contributed by atoms with Crippen molar-refractivity contribution in [3.63, 3.8) is 0 Å². The highest BCUT2D eigenvalue weighted by Gasteiger charge is 2.50. The third-order valence-corrected chi connectivity index (χ3v) is 5.23. The van der Waals surface area contributed by atoms with Crippen LogP contribution < -0.4 is 0 Å².